The van der Waals surface area contributed by atoms with Crippen LogP contribution in [0.25, 0.3) is 10.8 Å². The maximum absolute atomic E-state index is 4.26. The molecule has 1 aromatic carbocycles. The topological polar surface area (TPSA) is 62.2 Å². The van der Waals surface area contributed by atoms with Crippen LogP contribution >= 0.6 is 0 Å². The van der Waals surface area contributed by atoms with Gasteiger partial charge in [0, 0.05) is 17.3 Å². The maximum Gasteiger partial charge on any atom is 0.197 e. The Morgan fingerprint density at radius 1 is 1.25 bits per heavy atom. The van der Waals surface area contributed by atoms with Crippen LogP contribution in [0, 0.1) is 0 Å². The summed E-state index contributed by atoms with van der Waals surface area (Å²) in [4.78, 5) is 4.26. The highest BCUT2D eigenvalue weighted by Gasteiger charge is 2.08. The lowest BCUT2D eigenvalue weighted by molar-refractivity contribution is 0.958. The molecule has 16 heavy (non-hydrogen) atoms. The summed E-state index contributed by atoms with van der Waals surface area (Å²) in [7, 11) is 0. The summed E-state index contributed by atoms with van der Waals surface area (Å²) in [5, 5.41) is 16.5. The first-order valence-electron chi connectivity index (χ1n) is 5.19. The van der Waals surface area contributed by atoms with Crippen LogP contribution in [0.4, 0.5) is 5.82 Å². The fourth-order valence-electron chi connectivity index (χ4n) is 1.71. The van der Waals surface area contributed by atoms with Crippen molar-refractivity contribution in [3.05, 3.63) is 30.5 Å². The smallest absolute Gasteiger partial charge is 0.197 e. The molecule has 1 aliphatic rings. The van der Waals surface area contributed by atoms with Crippen LogP contribution in [0.5, 0.6) is 0 Å². The van der Waals surface area contributed by atoms with Crippen LogP contribution in [0.15, 0.2) is 35.5 Å². The molecule has 0 aliphatic carbocycles. The van der Waals surface area contributed by atoms with E-state index >= 15 is 0 Å². The second-order valence-electron chi connectivity index (χ2n) is 3.56. The molecule has 0 bridgehead atoms. The zero-order chi connectivity index (χ0) is 10.8. The third-order valence-corrected chi connectivity index (χ3v) is 2.48. The molecule has 0 saturated heterocycles. The minimum absolute atomic E-state index is 0.742. The molecule has 2 heterocycles. The Kier molecular flexibility index (Phi) is 2.14. The maximum atomic E-state index is 4.26. The Bertz CT molecular complexity index is 544. The van der Waals surface area contributed by atoms with Crippen molar-refractivity contribution in [2.24, 2.45) is 4.99 Å². The number of aromatic nitrogens is 2. The molecule has 2 N–H and O–H groups in total. The third-order valence-electron chi connectivity index (χ3n) is 2.48. The number of nitrogens with zero attached hydrogens (tertiary/aromatic N) is 3. The lowest BCUT2D eigenvalue weighted by Crippen LogP contribution is -2.26. The van der Waals surface area contributed by atoms with Crippen molar-refractivity contribution >= 4 is 22.5 Å². The molecule has 5 heteroatoms. The van der Waals surface area contributed by atoms with E-state index in [9.17, 15) is 0 Å². The second-order valence-corrected chi connectivity index (χ2v) is 3.56. The molecule has 0 fully saturated rings. The monoisotopic (exact) mass is 213 g/mol. The van der Waals surface area contributed by atoms with Gasteiger partial charge in [-0.3, -0.25) is 4.99 Å². The third kappa shape index (κ3) is 1.56. The summed E-state index contributed by atoms with van der Waals surface area (Å²) in [6.07, 6.45) is 1.75. The minimum Gasteiger partial charge on any atom is -0.354 e. The molecule has 0 amide bonds. The summed E-state index contributed by atoms with van der Waals surface area (Å²) in [5.74, 6) is 1.51. The highest BCUT2D eigenvalue weighted by Crippen LogP contribution is 2.18. The van der Waals surface area contributed by atoms with Gasteiger partial charge in [-0.2, -0.15) is 5.10 Å². The van der Waals surface area contributed by atoms with Gasteiger partial charge in [0.2, 0.25) is 0 Å². The van der Waals surface area contributed by atoms with Gasteiger partial charge in [-0.1, -0.05) is 24.3 Å². The zero-order valence-corrected chi connectivity index (χ0v) is 8.64. The van der Waals surface area contributed by atoms with Crippen molar-refractivity contribution in [1.29, 1.82) is 0 Å². The fourth-order valence-corrected chi connectivity index (χ4v) is 1.71. The van der Waals surface area contributed by atoms with E-state index in [0.717, 1.165) is 35.6 Å². The van der Waals surface area contributed by atoms with Gasteiger partial charge in [0.1, 0.15) is 0 Å². The summed E-state index contributed by atoms with van der Waals surface area (Å²) < 4.78 is 0. The van der Waals surface area contributed by atoms with Crippen LogP contribution in [-0.2, 0) is 0 Å². The number of aliphatic imine (C=N–C) groups is 1. The highest BCUT2D eigenvalue weighted by molar-refractivity contribution is 6.01. The molecule has 0 radical (unpaired) electrons. The number of guanidine groups is 1. The Morgan fingerprint density at radius 3 is 3.06 bits per heavy atom. The average molecular weight is 213 g/mol. The normalized spacial score (nSPS) is 14.6. The molecular formula is C11H11N5. The molecule has 2 aromatic rings. The Labute approximate surface area is 92.6 Å². The number of rotatable bonds is 1. The summed E-state index contributed by atoms with van der Waals surface area (Å²) in [6.45, 7) is 1.68. The van der Waals surface area contributed by atoms with Gasteiger partial charge in [0.05, 0.1) is 12.7 Å². The highest BCUT2D eigenvalue weighted by atomic mass is 15.3. The van der Waals surface area contributed by atoms with Crippen molar-refractivity contribution < 1.29 is 0 Å². The lowest BCUT2D eigenvalue weighted by Gasteiger charge is -2.07. The lowest BCUT2D eigenvalue weighted by atomic mass is 10.2. The van der Waals surface area contributed by atoms with E-state index in [1.54, 1.807) is 6.20 Å². The second kappa shape index (κ2) is 3.77. The van der Waals surface area contributed by atoms with Crippen molar-refractivity contribution in [3.8, 4) is 0 Å². The molecule has 80 valence electrons. The van der Waals surface area contributed by atoms with Gasteiger partial charge in [0.25, 0.3) is 0 Å². The summed E-state index contributed by atoms with van der Waals surface area (Å²) in [5.41, 5.74) is 0. The average Bonchev–Trinajstić information content (AvgIpc) is 2.82. The Morgan fingerprint density at radius 2 is 2.19 bits per heavy atom. The van der Waals surface area contributed by atoms with Crippen molar-refractivity contribution in [3.63, 3.8) is 0 Å². The summed E-state index contributed by atoms with van der Waals surface area (Å²) in [6, 6.07) is 8.00. The fraction of sp³-hybridized carbons (Fsp3) is 0.182. The van der Waals surface area contributed by atoms with E-state index in [4.69, 9.17) is 0 Å². The van der Waals surface area contributed by atoms with Crippen LogP contribution in [-0.4, -0.2) is 29.2 Å². The first-order valence-corrected chi connectivity index (χ1v) is 5.19. The first-order chi connectivity index (χ1) is 7.93. The van der Waals surface area contributed by atoms with Gasteiger partial charge in [-0.05, 0) is 0 Å². The van der Waals surface area contributed by atoms with Gasteiger partial charge < -0.3 is 10.6 Å². The van der Waals surface area contributed by atoms with E-state index in [2.05, 4.69) is 25.8 Å². The number of fused-ring (bicyclic) bond motifs is 1. The number of hydrogen-bond acceptors (Lipinski definition) is 5. The van der Waals surface area contributed by atoms with Crippen LogP contribution in [0.1, 0.15) is 0 Å². The van der Waals surface area contributed by atoms with Crippen LogP contribution < -0.4 is 10.6 Å². The van der Waals surface area contributed by atoms with E-state index in [1.807, 2.05) is 24.3 Å². The van der Waals surface area contributed by atoms with Gasteiger partial charge in [-0.25, -0.2) is 0 Å². The number of anilines is 1. The quantitative estimate of drug-likeness (QED) is 0.742. The molecule has 0 spiro atoms. The minimum atomic E-state index is 0.742. The molecular weight excluding hydrogens is 202 g/mol. The number of hydrogen-bond donors (Lipinski definition) is 2. The van der Waals surface area contributed by atoms with Gasteiger partial charge in [-0.15, -0.1) is 5.10 Å². The zero-order valence-electron chi connectivity index (χ0n) is 8.64. The van der Waals surface area contributed by atoms with Crippen molar-refractivity contribution in [1.82, 2.24) is 15.5 Å². The molecule has 5 nitrogen and oxygen atoms in total. The van der Waals surface area contributed by atoms with E-state index in [1.165, 1.54) is 0 Å². The largest absolute Gasteiger partial charge is 0.354 e. The van der Waals surface area contributed by atoms with Crippen LogP contribution in [0.2, 0.25) is 0 Å². The van der Waals surface area contributed by atoms with Gasteiger partial charge >= 0.3 is 0 Å². The number of benzene rings is 1. The first kappa shape index (κ1) is 9.08. The SMILES string of the molecule is c1ccc2c(NC3=NCCN3)nncc2c1. The van der Waals surface area contributed by atoms with Gasteiger partial charge in [0.15, 0.2) is 11.8 Å². The molecule has 3 rings (SSSR count). The Balaban J connectivity index is 2.02. The molecule has 0 atom stereocenters. The molecule has 1 aromatic heterocycles. The van der Waals surface area contributed by atoms with Crippen LogP contribution in [0.3, 0.4) is 0 Å². The predicted octanol–water partition coefficient (Wildman–Crippen LogP) is 1.00. The molecule has 1 aliphatic heterocycles. The Hall–Kier alpha value is -2.17. The predicted molar refractivity (Wildman–Crippen MR) is 63.5 cm³/mol. The van der Waals surface area contributed by atoms with Crippen molar-refractivity contribution in [2.75, 3.05) is 18.4 Å². The standard InChI is InChI=1S/C11H11N5/c1-2-4-9-8(3-1)7-14-16-10(9)15-11-12-5-6-13-11/h1-4,7H,5-6H2,(H2,12,13,15,16). The van der Waals surface area contributed by atoms with E-state index in [0.29, 0.717) is 0 Å². The molecule has 0 unspecified atom stereocenters. The summed E-state index contributed by atoms with van der Waals surface area (Å²) >= 11 is 0. The van der Waals surface area contributed by atoms with E-state index in [-0.39, 0.29) is 0 Å². The van der Waals surface area contributed by atoms with Crippen molar-refractivity contribution in [2.45, 2.75) is 0 Å². The van der Waals surface area contributed by atoms with E-state index < -0.39 is 0 Å². The molecule has 0 saturated carbocycles. The number of nitrogens with one attached hydrogen (secondary N) is 2.